The fourth-order valence-electron chi connectivity index (χ4n) is 9.35. The van der Waals surface area contributed by atoms with Gasteiger partial charge in [0.15, 0.2) is 31.5 Å². The van der Waals surface area contributed by atoms with Crippen LogP contribution < -0.4 is 0 Å². The van der Waals surface area contributed by atoms with Gasteiger partial charge in [-0.3, -0.25) is 0 Å². The largest absolute Gasteiger partial charge is 0.413 e. The molecule has 0 amide bonds. The maximum Gasteiger partial charge on any atom is 0.192 e. The third-order valence-electron chi connectivity index (χ3n) is 12.9. The number of hydrogen-bond donors (Lipinski definition) is 0. The van der Waals surface area contributed by atoms with Crippen LogP contribution in [0.1, 0.15) is 159 Å². The Morgan fingerprint density at radius 3 is 1.71 bits per heavy atom. The van der Waals surface area contributed by atoms with Crippen LogP contribution in [-0.4, -0.2) is 93.5 Å². The first kappa shape index (κ1) is 49.1. The highest BCUT2D eigenvalue weighted by Gasteiger charge is 2.48. The zero-order valence-corrected chi connectivity index (χ0v) is 40.6. The van der Waals surface area contributed by atoms with Gasteiger partial charge in [0.2, 0.25) is 0 Å². The molecule has 11 heteroatoms. The van der Waals surface area contributed by atoms with E-state index in [4.69, 9.17) is 47.1 Å². The van der Waals surface area contributed by atoms with Crippen LogP contribution in [-0.2, 0) is 53.7 Å². The van der Waals surface area contributed by atoms with Gasteiger partial charge in [-0.2, -0.15) is 0 Å². The molecule has 9 atom stereocenters. The molecule has 4 aliphatic heterocycles. The second-order valence-electron chi connectivity index (χ2n) is 21.3. The monoisotopic (exact) mass is 849 g/mol. The second kappa shape index (κ2) is 20.3. The Morgan fingerprint density at radius 2 is 1.17 bits per heavy atom. The molecule has 59 heavy (non-hydrogen) atoms. The molecule has 0 bridgehead atoms. The summed E-state index contributed by atoms with van der Waals surface area (Å²) in [5, 5.41) is 0.0595. The van der Waals surface area contributed by atoms with Gasteiger partial charge >= 0.3 is 0 Å². The molecule has 5 rings (SSSR count). The molecule has 0 unspecified atom stereocenters. The van der Waals surface area contributed by atoms with E-state index in [1.807, 2.05) is 73.6 Å². The lowest BCUT2D eigenvalue weighted by molar-refractivity contribution is -0.336. The Morgan fingerprint density at radius 1 is 0.661 bits per heavy atom. The zero-order valence-electron chi connectivity index (χ0n) is 39.6. The maximum absolute atomic E-state index is 7.37. The Labute approximate surface area is 359 Å². The van der Waals surface area contributed by atoms with E-state index in [0.29, 0.717) is 19.8 Å². The van der Waals surface area contributed by atoms with E-state index in [0.717, 1.165) is 57.8 Å². The highest BCUT2D eigenvalue weighted by molar-refractivity contribution is 6.74. The third-order valence-corrected chi connectivity index (χ3v) is 17.4. The van der Waals surface area contributed by atoms with Crippen LogP contribution in [0.15, 0.2) is 30.3 Å². The van der Waals surface area contributed by atoms with Crippen molar-refractivity contribution in [3.05, 3.63) is 35.9 Å². The smallest absolute Gasteiger partial charge is 0.192 e. The van der Waals surface area contributed by atoms with E-state index in [2.05, 4.69) is 52.9 Å². The van der Waals surface area contributed by atoms with Gasteiger partial charge < -0.3 is 47.1 Å². The lowest BCUT2D eigenvalue weighted by Crippen LogP contribution is -2.55. The highest BCUT2D eigenvalue weighted by atomic mass is 28.4. The number of ether oxygens (including phenoxy) is 9. The fourth-order valence-corrected chi connectivity index (χ4v) is 10.7. The average Bonchev–Trinajstić information content (AvgIpc) is 3.07. The summed E-state index contributed by atoms with van der Waals surface area (Å²) in [5.41, 5.74) is 1.18. The molecule has 340 valence electrons. The summed E-state index contributed by atoms with van der Waals surface area (Å²) >= 11 is 0. The van der Waals surface area contributed by atoms with Crippen molar-refractivity contribution in [2.75, 3.05) is 13.2 Å². The molecule has 0 radical (unpaired) electrons. The van der Waals surface area contributed by atoms with Crippen molar-refractivity contribution in [1.82, 2.24) is 0 Å². The van der Waals surface area contributed by atoms with Crippen LogP contribution in [0, 0.1) is 5.92 Å². The lowest BCUT2D eigenvalue weighted by atomic mass is 9.86. The van der Waals surface area contributed by atoms with Gasteiger partial charge in [-0.15, -0.1) is 0 Å². The molecule has 1 aromatic rings. The van der Waals surface area contributed by atoms with Gasteiger partial charge in [0.05, 0.1) is 62.0 Å². The maximum atomic E-state index is 7.37. The summed E-state index contributed by atoms with van der Waals surface area (Å²) in [6.45, 7) is 32.0. The molecule has 0 spiro atoms. The molecule has 0 aromatic heterocycles. The SMILES string of the molecule is CCCCC[C@H]1OC(C)(C)OC[C@H]1[C@H](C[C@@H]1C[C@H](C[C@@H]2C[C@H](C[C@@H]3C[C@@H](CCOCc4ccccc4)OC(C)(C)O3)OC(C)(C)O2)OC(C)(C)O1)O[Si](C)(C)C(C)(C)C. The first-order chi connectivity index (χ1) is 27.4. The summed E-state index contributed by atoms with van der Waals surface area (Å²) in [6.07, 6.45) is 9.82. The summed E-state index contributed by atoms with van der Waals surface area (Å²) in [5.74, 6) is -2.67. The molecule has 4 heterocycles. The molecule has 0 saturated carbocycles. The normalized spacial score (nSPS) is 32.7. The van der Waals surface area contributed by atoms with Crippen LogP contribution >= 0.6 is 0 Å². The predicted molar refractivity (Wildman–Crippen MR) is 234 cm³/mol. The fraction of sp³-hybridized carbons (Fsp3) is 0.875. The highest BCUT2D eigenvalue weighted by Crippen LogP contribution is 2.44. The summed E-state index contributed by atoms with van der Waals surface area (Å²) in [6, 6.07) is 10.3. The zero-order chi connectivity index (χ0) is 43.3. The quantitative estimate of drug-likeness (QED) is 0.105. The van der Waals surface area contributed by atoms with E-state index in [-0.39, 0.29) is 59.8 Å². The molecule has 0 aliphatic carbocycles. The van der Waals surface area contributed by atoms with Crippen LogP contribution in [0.5, 0.6) is 0 Å². The number of rotatable bonds is 18. The minimum atomic E-state index is -2.16. The van der Waals surface area contributed by atoms with Gasteiger partial charge in [-0.1, -0.05) is 77.3 Å². The lowest BCUT2D eigenvalue weighted by Gasteiger charge is -2.49. The molecule has 4 saturated heterocycles. The molecule has 4 fully saturated rings. The third kappa shape index (κ3) is 15.4. The first-order valence-corrected chi connectivity index (χ1v) is 26.0. The minimum Gasteiger partial charge on any atom is -0.413 e. The molecule has 1 aromatic carbocycles. The van der Waals surface area contributed by atoms with Gasteiger partial charge in [-0.05, 0) is 98.3 Å². The summed E-state index contributed by atoms with van der Waals surface area (Å²) in [7, 11) is -2.16. The van der Waals surface area contributed by atoms with E-state index >= 15 is 0 Å². The average molecular weight is 849 g/mol. The van der Waals surface area contributed by atoms with Gasteiger partial charge in [-0.25, -0.2) is 0 Å². The van der Waals surface area contributed by atoms with Crippen molar-refractivity contribution in [2.45, 2.75) is 250 Å². The van der Waals surface area contributed by atoms with Crippen molar-refractivity contribution in [3.8, 4) is 0 Å². The molecule has 0 N–H and O–H groups in total. The predicted octanol–water partition coefficient (Wildman–Crippen LogP) is 11.2. The van der Waals surface area contributed by atoms with E-state index in [1.54, 1.807) is 0 Å². The summed E-state index contributed by atoms with van der Waals surface area (Å²) < 4.78 is 66.1. The van der Waals surface area contributed by atoms with Crippen LogP contribution in [0.25, 0.3) is 0 Å². The topological polar surface area (TPSA) is 92.3 Å². The van der Waals surface area contributed by atoms with Gasteiger partial charge in [0.25, 0.3) is 0 Å². The van der Waals surface area contributed by atoms with Crippen molar-refractivity contribution < 1.29 is 47.1 Å². The van der Waals surface area contributed by atoms with E-state index in [9.17, 15) is 0 Å². The first-order valence-electron chi connectivity index (χ1n) is 23.1. The molecular weight excluding hydrogens is 765 g/mol. The van der Waals surface area contributed by atoms with E-state index in [1.165, 1.54) is 18.4 Å². The second-order valence-corrected chi connectivity index (χ2v) is 26.1. The Bertz CT molecular complexity index is 1410. The van der Waals surface area contributed by atoms with Crippen molar-refractivity contribution in [3.63, 3.8) is 0 Å². The van der Waals surface area contributed by atoms with Gasteiger partial charge in [0.1, 0.15) is 0 Å². The minimum absolute atomic E-state index is 0.00187. The van der Waals surface area contributed by atoms with Crippen molar-refractivity contribution in [2.24, 2.45) is 5.92 Å². The van der Waals surface area contributed by atoms with Crippen LogP contribution in [0.2, 0.25) is 18.1 Å². The van der Waals surface area contributed by atoms with Crippen molar-refractivity contribution >= 4 is 8.32 Å². The molecule has 10 nitrogen and oxygen atoms in total. The Balaban J connectivity index is 1.23. The van der Waals surface area contributed by atoms with Crippen LogP contribution in [0.4, 0.5) is 0 Å². The van der Waals surface area contributed by atoms with Crippen LogP contribution in [0.3, 0.4) is 0 Å². The van der Waals surface area contributed by atoms with Gasteiger partial charge in [0, 0.05) is 44.6 Å². The Hall–Kier alpha value is -0.963. The van der Waals surface area contributed by atoms with Crippen molar-refractivity contribution in [1.29, 1.82) is 0 Å². The number of benzene rings is 1. The number of hydrogen-bond acceptors (Lipinski definition) is 10. The molecule has 4 aliphatic rings. The summed E-state index contributed by atoms with van der Waals surface area (Å²) in [4.78, 5) is 0. The standard InChI is InChI=1S/C48H84O10Si/c1-15-16-18-23-42-41(33-50-45(5,6)57-42)43(58-59(13,14)44(2,3)4)31-40-30-39(55-48(11,12)56-40)29-38-28-37(53-47(9,10)54-38)27-36-26-35(51-46(7,8)52-36)24-25-49-32-34-21-19-17-20-22-34/h17,19-22,35-43H,15-16,18,23-33H2,1-14H3/t35-,36+,37+,38+,39+,40+,41-,42-,43+/m1/s1. The van der Waals surface area contributed by atoms with E-state index < -0.39 is 31.5 Å². The Kier molecular flexibility index (Phi) is 16.8. The molecular formula is C48H84O10Si. The number of unbranched alkanes of at least 4 members (excludes halogenated alkanes) is 2.